The summed E-state index contributed by atoms with van der Waals surface area (Å²) in [7, 11) is 1.23. The Morgan fingerprint density at radius 2 is 2.00 bits per heavy atom. The van der Waals surface area contributed by atoms with Gasteiger partial charge in [0.05, 0.1) is 12.7 Å². The van der Waals surface area contributed by atoms with Gasteiger partial charge in [-0.05, 0) is 12.1 Å². The normalized spacial score (nSPS) is 10.5. The van der Waals surface area contributed by atoms with Crippen LogP contribution in [0.1, 0.15) is 16.8 Å². The molecule has 0 bridgehead atoms. The van der Waals surface area contributed by atoms with E-state index in [4.69, 9.17) is 4.74 Å². The van der Waals surface area contributed by atoms with Crippen molar-refractivity contribution in [1.29, 1.82) is 0 Å². The summed E-state index contributed by atoms with van der Waals surface area (Å²) >= 11 is 0. The molecule has 3 N–H and O–H groups in total. The summed E-state index contributed by atoms with van der Waals surface area (Å²) < 4.78 is 5.96. The van der Waals surface area contributed by atoms with E-state index in [0.717, 1.165) is 5.69 Å². The maximum atomic E-state index is 12.1. The molecule has 2 aliphatic rings. The molecule has 0 radical (unpaired) electrons. The molecule has 1 aromatic carbocycles. The van der Waals surface area contributed by atoms with E-state index in [2.05, 4.69) is 20.9 Å². The van der Waals surface area contributed by atoms with Crippen LogP contribution in [-0.2, 0) is 9.53 Å². The minimum absolute atomic E-state index is 0.0751. The van der Waals surface area contributed by atoms with Gasteiger partial charge in [-0.1, -0.05) is 18.2 Å². The molecule has 0 unspecified atom stereocenters. The number of amides is 1. The van der Waals surface area contributed by atoms with Crippen LogP contribution in [-0.4, -0.2) is 40.4 Å². The Bertz CT molecular complexity index is 947. The van der Waals surface area contributed by atoms with Gasteiger partial charge in [0.15, 0.2) is 0 Å². The summed E-state index contributed by atoms with van der Waals surface area (Å²) in [6, 6.07) is 9.50. The predicted molar refractivity (Wildman–Crippen MR) is 94.7 cm³/mol. The lowest BCUT2D eigenvalue weighted by Gasteiger charge is -2.13. The van der Waals surface area contributed by atoms with Crippen molar-refractivity contribution < 1.29 is 14.3 Å². The third kappa shape index (κ3) is 3.72. The summed E-state index contributed by atoms with van der Waals surface area (Å²) in [5, 5.41) is 9.22. The van der Waals surface area contributed by atoms with Crippen LogP contribution in [0.2, 0.25) is 0 Å². The zero-order valence-electron chi connectivity index (χ0n) is 14.0. The van der Waals surface area contributed by atoms with Crippen LogP contribution in [0.4, 0.5) is 5.69 Å². The smallest absolute Gasteiger partial charge is 0.341 e. The highest BCUT2D eigenvalue weighted by Gasteiger charge is 2.22. The fourth-order valence-corrected chi connectivity index (χ4v) is 2.44. The number of H-pyrrole nitrogens is 1. The molecule has 9 nitrogen and oxygen atoms in total. The average molecular weight is 355 g/mol. The number of carbonyl (C=O) groups excluding carboxylic acids is 2. The molecule has 26 heavy (non-hydrogen) atoms. The number of hydrogen-bond acceptors (Lipinski definition) is 6. The van der Waals surface area contributed by atoms with Crippen molar-refractivity contribution in [3.63, 3.8) is 0 Å². The molecule has 0 aliphatic carbocycles. The molecule has 0 saturated carbocycles. The van der Waals surface area contributed by atoms with Crippen molar-refractivity contribution in [1.82, 2.24) is 14.9 Å². The second-order valence-electron chi connectivity index (χ2n) is 5.46. The Hall–Kier alpha value is -3.62. The quantitative estimate of drug-likeness (QED) is 0.569. The number of fused-ring (bicyclic) bond motifs is 1. The standard InChI is InChI=1S/C17H17N5O4/c1-26-17(25)13-10-22(9-12-15(13)19-20-16(12)24)21-14(23)7-8-18-11-5-3-2-4-6-11/h2-6,9-10,18H,7-8H2,1H3,(H,20,24)(H,21,23). The number of benzene rings is 1. The summed E-state index contributed by atoms with van der Waals surface area (Å²) in [4.78, 5) is 35.8. The number of esters is 1. The SMILES string of the molecule is COC(=O)c1cn(NC(=O)CCNc2ccccc2)cc2c(=O)[nH]nc1-2. The number of pyridine rings is 1. The van der Waals surface area contributed by atoms with Crippen molar-refractivity contribution in [2.24, 2.45) is 0 Å². The first-order valence-electron chi connectivity index (χ1n) is 7.86. The number of nitrogens with zero attached hydrogens (tertiary/aromatic N) is 2. The van der Waals surface area contributed by atoms with Gasteiger partial charge in [0.25, 0.3) is 5.56 Å². The van der Waals surface area contributed by atoms with Gasteiger partial charge >= 0.3 is 5.97 Å². The molecule has 1 amide bonds. The van der Waals surface area contributed by atoms with Gasteiger partial charge in [0.2, 0.25) is 5.91 Å². The molecular weight excluding hydrogens is 338 g/mol. The van der Waals surface area contributed by atoms with Crippen LogP contribution in [0.5, 0.6) is 0 Å². The number of rotatable bonds is 6. The topological polar surface area (TPSA) is 118 Å². The maximum Gasteiger partial charge on any atom is 0.341 e. The number of ether oxygens (including phenoxy) is 1. The summed E-state index contributed by atoms with van der Waals surface area (Å²) in [5.74, 6) is -0.944. The number of aromatic nitrogens is 3. The average Bonchev–Trinajstić information content (AvgIpc) is 3.02. The summed E-state index contributed by atoms with van der Waals surface area (Å²) in [5.41, 5.74) is 3.51. The van der Waals surface area contributed by atoms with E-state index < -0.39 is 11.5 Å². The Morgan fingerprint density at radius 1 is 1.23 bits per heavy atom. The molecule has 9 heteroatoms. The fraction of sp³-hybridized carbons (Fsp3) is 0.176. The van der Waals surface area contributed by atoms with Crippen LogP contribution in [0.25, 0.3) is 11.3 Å². The van der Waals surface area contributed by atoms with Gasteiger partial charge in [0.1, 0.15) is 11.3 Å². The first kappa shape index (κ1) is 17.2. The lowest BCUT2D eigenvalue weighted by atomic mass is 10.1. The molecule has 2 heterocycles. The highest BCUT2D eigenvalue weighted by molar-refractivity contribution is 5.96. The third-order valence-corrected chi connectivity index (χ3v) is 3.67. The van der Waals surface area contributed by atoms with Crippen molar-refractivity contribution in [2.45, 2.75) is 6.42 Å². The Kier molecular flexibility index (Phi) is 4.97. The van der Waals surface area contributed by atoms with E-state index in [1.165, 1.54) is 24.2 Å². The molecular formula is C17H17N5O4. The van der Waals surface area contributed by atoms with E-state index in [1.54, 1.807) is 0 Å². The lowest BCUT2D eigenvalue weighted by Crippen LogP contribution is -2.26. The number of para-hydroxylation sites is 1. The first-order chi connectivity index (χ1) is 12.6. The highest BCUT2D eigenvalue weighted by Crippen LogP contribution is 2.19. The minimum atomic E-state index is -0.657. The van der Waals surface area contributed by atoms with E-state index in [0.29, 0.717) is 6.54 Å². The fourth-order valence-electron chi connectivity index (χ4n) is 2.44. The van der Waals surface area contributed by atoms with Gasteiger partial charge in [0, 0.05) is 31.0 Å². The molecule has 3 rings (SSSR count). The lowest BCUT2D eigenvalue weighted by molar-refractivity contribution is -0.116. The summed E-state index contributed by atoms with van der Waals surface area (Å²) in [6.07, 6.45) is 2.95. The van der Waals surface area contributed by atoms with Crippen molar-refractivity contribution in [3.8, 4) is 11.3 Å². The zero-order chi connectivity index (χ0) is 18.5. The summed E-state index contributed by atoms with van der Waals surface area (Å²) in [6.45, 7) is 0.432. The Balaban J connectivity index is 1.70. The monoisotopic (exact) mass is 355 g/mol. The van der Waals surface area contributed by atoms with Gasteiger partial charge < -0.3 is 10.1 Å². The van der Waals surface area contributed by atoms with Crippen molar-refractivity contribution in [2.75, 3.05) is 24.4 Å². The maximum absolute atomic E-state index is 12.1. The number of hydrogen-bond donors (Lipinski definition) is 3. The molecule has 0 spiro atoms. The number of methoxy groups -OCH3 is 1. The second kappa shape index (κ2) is 7.51. The minimum Gasteiger partial charge on any atom is -0.465 e. The van der Waals surface area contributed by atoms with E-state index in [1.807, 2.05) is 30.3 Å². The molecule has 0 atom stereocenters. The van der Waals surface area contributed by atoms with Gasteiger partial charge in [-0.25, -0.2) is 9.89 Å². The Morgan fingerprint density at radius 3 is 2.73 bits per heavy atom. The number of carbonyl (C=O) groups is 2. The van der Waals surface area contributed by atoms with Crippen LogP contribution >= 0.6 is 0 Å². The molecule has 0 aromatic heterocycles. The van der Waals surface area contributed by atoms with E-state index >= 15 is 0 Å². The van der Waals surface area contributed by atoms with Crippen LogP contribution in [0, 0.1) is 0 Å². The van der Waals surface area contributed by atoms with Crippen LogP contribution < -0.4 is 16.3 Å². The molecule has 2 aliphatic heterocycles. The Labute approximate surface area is 148 Å². The van der Waals surface area contributed by atoms with Crippen LogP contribution in [0.15, 0.2) is 47.5 Å². The van der Waals surface area contributed by atoms with Crippen molar-refractivity contribution >= 4 is 17.6 Å². The predicted octanol–water partition coefficient (Wildman–Crippen LogP) is 1.04. The van der Waals surface area contributed by atoms with E-state index in [9.17, 15) is 14.4 Å². The van der Waals surface area contributed by atoms with Crippen LogP contribution in [0.3, 0.4) is 0 Å². The molecule has 0 fully saturated rings. The second-order valence-corrected chi connectivity index (χ2v) is 5.46. The van der Waals surface area contributed by atoms with Crippen molar-refractivity contribution in [3.05, 3.63) is 58.6 Å². The van der Waals surface area contributed by atoms with Gasteiger partial charge in [-0.2, -0.15) is 5.10 Å². The number of nitrogens with one attached hydrogen (secondary N) is 3. The molecule has 134 valence electrons. The first-order valence-corrected chi connectivity index (χ1v) is 7.86. The van der Waals surface area contributed by atoms with Gasteiger partial charge in [-0.3, -0.25) is 19.7 Å². The third-order valence-electron chi connectivity index (χ3n) is 3.67. The largest absolute Gasteiger partial charge is 0.465 e. The number of aromatic amines is 1. The van der Waals surface area contributed by atoms with E-state index in [-0.39, 0.29) is 29.1 Å². The number of anilines is 1. The highest BCUT2D eigenvalue weighted by atomic mass is 16.5. The molecule has 0 saturated heterocycles. The molecule has 1 aromatic rings. The van der Waals surface area contributed by atoms with Gasteiger partial charge in [-0.15, -0.1) is 0 Å². The zero-order valence-corrected chi connectivity index (χ0v) is 14.0.